The molecule has 1 aromatic rings. The second-order valence-electron chi connectivity index (χ2n) is 3.75. The fourth-order valence-corrected chi connectivity index (χ4v) is 2.06. The van der Waals surface area contributed by atoms with Crippen LogP contribution >= 0.6 is 12.6 Å². The van der Waals surface area contributed by atoms with Crippen molar-refractivity contribution in [2.75, 3.05) is 0 Å². The van der Waals surface area contributed by atoms with Crippen LogP contribution < -0.4 is 10.6 Å². The van der Waals surface area contributed by atoms with Crippen molar-refractivity contribution in [1.29, 1.82) is 0 Å². The number of benzene rings is 1. The highest BCUT2D eigenvalue weighted by Crippen LogP contribution is 2.25. The Morgan fingerprint density at radius 2 is 1.61 bits per heavy atom. The Morgan fingerprint density at radius 1 is 1.06 bits per heavy atom. The van der Waals surface area contributed by atoms with E-state index in [9.17, 15) is 14.4 Å². The first-order chi connectivity index (χ1) is 8.50. The van der Waals surface area contributed by atoms with Gasteiger partial charge in [0.1, 0.15) is 5.57 Å². The molecule has 0 saturated carbocycles. The molecule has 1 fully saturated rings. The van der Waals surface area contributed by atoms with Crippen LogP contribution in [0.3, 0.4) is 0 Å². The van der Waals surface area contributed by atoms with E-state index in [-0.39, 0.29) is 5.57 Å². The molecule has 2 rings (SSSR count). The first-order valence-electron chi connectivity index (χ1n) is 5.16. The number of carbonyl (C=O) groups excluding carboxylic acids is 3. The maximum absolute atomic E-state index is 11.7. The van der Waals surface area contributed by atoms with Crippen LogP contribution in [0.25, 0.3) is 5.57 Å². The van der Waals surface area contributed by atoms with E-state index < -0.39 is 17.8 Å². The van der Waals surface area contributed by atoms with Crippen molar-refractivity contribution in [3.8, 4) is 0 Å². The van der Waals surface area contributed by atoms with E-state index in [4.69, 9.17) is 0 Å². The minimum atomic E-state index is -0.805. The van der Waals surface area contributed by atoms with Gasteiger partial charge >= 0.3 is 6.03 Å². The topological polar surface area (TPSA) is 75.3 Å². The molecule has 1 aliphatic heterocycles. The van der Waals surface area contributed by atoms with Gasteiger partial charge < -0.3 is 0 Å². The Kier molecular flexibility index (Phi) is 3.20. The molecule has 0 bridgehead atoms. The average molecular weight is 262 g/mol. The average Bonchev–Trinajstić information content (AvgIpc) is 2.27. The number of barbiturate groups is 1. The second-order valence-corrected chi connectivity index (χ2v) is 4.24. The fourth-order valence-electron chi connectivity index (χ4n) is 1.73. The molecule has 1 aromatic carbocycles. The lowest BCUT2D eigenvalue weighted by Crippen LogP contribution is -2.51. The Bertz CT molecular complexity index is 571. The zero-order valence-electron chi connectivity index (χ0n) is 9.48. The van der Waals surface area contributed by atoms with Crippen molar-refractivity contribution in [3.63, 3.8) is 0 Å². The van der Waals surface area contributed by atoms with Gasteiger partial charge in [-0.2, -0.15) is 0 Å². The summed E-state index contributed by atoms with van der Waals surface area (Å²) in [6.07, 6.45) is 0. The number of hydrogen-bond donors (Lipinski definition) is 3. The molecule has 0 spiro atoms. The lowest BCUT2D eigenvalue weighted by atomic mass is 9.99. The summed E-state index contributed by atoms with van der Waals surface area (Å²) in [6, 6.07) is 6.28. The number of thiol groups is 1. The minimum Gasteiger partial charge on any atom is -0.273 e. The maximum Gasteiger partial charge on any atom is 0.328 e. The van der Waals surface area contributed by atoms with Gasteiger partial charge in [0, 0.05) is 4.90 Å². The van der Waals surface area contributed by atoms with Gasteiger partial charge in [0.05, 0.1) is 0 Å². The summed E-state index contributed by atoms with van der Waals surface area (Å²) in [5.74, 6) is -1.39. The molecule has 4 amide bonds. The fraction of sp³-hybridized carbons (Fsp3) is 0.0833. The highest BCUT2D eigenvalue weighted by molar-refractivity contribution is 7.80. The molecule has 18 heavy (non-hydrogen) atoms. The summed E-state index contributed by atoms with van der Waals surface area (Å²) >= 11 is 4.27. The monoisotopic (exact) mass is 262 g/mol. The quantitative estimate of drug-likeness (QED) is 0.403. The smallest absolute Gasteiger partial charge is 0.273 e. The third-order valence-electron chi connectivity index (χ3n) is 2.59. The number of amides is 4. The summed E-state index contributed by atoms with van der Waals surface area (Å²) in [7, 11) is 0. The molecule has 92 valence electrons. The first-order valence-corrected chi connectivity index (χ1v) is 5.61. The van der Waals surface area contributed by atoms with Crippen LogP contribution in [0.1, 0.15) is 12.5 Å². The molecule has 0 aliphatic carbocycles. The largest absolute Gasteiger partial charge is 0.328 e. The van der Waals surface area contributed by atoms with Crippen molar-refractivity contribution in [1.82, 2.24) is 10.6 Å². The van der Waals surface area contributed by atoms with Crippen LogP contribution in [0.2, 0.25) is 0 Å². The minimum absolute atomic E-state index is 0.0731. The summed E-state index contributed by atoms with van der Waals surface area (Å²) in [5.41, 5.74) is 1.08. The van der Waals surface area contributed by atoms with E-state index in [1.807, 2.05) is 10.6 Å². The first kappa shape index (κ1) is 12.4. The number of carbonyl (C=O) groups is 3. The highest BCUT2D eigenvalue weighted by Gasteiger charge is 2.30. The summed E-state index contributed by atoms with van der Waals surface area (Å²) in [5, 5.41) is 4.07. The van der Waals surface area contributed by atoms with E-state index in [0.717, 1.165) is 0 Å². The van der Waals surface area contributed by atoms with Gasteiger partial charge in [0.15, 0.2) is 0 Å². The lowest BCUT2D eigenvalue weighted by molar-refractivity contribution is -0.123. The molecule has 6 heteroatoms. The van der Waals surface area contributed by atoms with Crippen LogP contribution in [0.5, 0.6) is 0 Å². The molecular weight excluding hydrogens is 252 g/mol. The van der Waals surface area contributed by atoms with Gasteiger partial charge in [0.25, 0.3) is 11.8 Å². The van der Waals surface area contributed by atoms with Crippen molar-refractivity contribution >= 4 is 36.0 Å². The SMILES string of the molecule is CC(=C1C(=O)NC(=O)NC1=O)c1ccccc1S. The summed E-state index contributed by atoms with van der Waals surface area (Å²) < 4.78 is 0. The molecule has 1 saturated heterocycles. The Labute approximate surface area is 109 Å². The molecule has 0 unspecified atom stereocenters. The molecule has 1 aliphatic rings. The molecule has 0 atom stereocenters. The number of hydrogen-bond acceptors (Lipinski definition) is 4. The molecule has 0 aromatic heterocycles. The molecular formula is C12H10N2O3S. The van der Waals surface area contributed by atoms with Gasteiger partial charge in [-0.15, -0.1) is 12.6 Å². The van der Waals surface area contributed by atoms with Crippen molar-refractivity contribution in [2.24, 2.45) is 0 Å². The zero-order chi connectivity index (χ0) is 13.3. The molecule has 5 nitrogen and oxygen atoms in total. The van der Waals surface area contributed by atoms with Crippen molar-refractivity contribution in [2.45, 2.75) is 11.8 Å². The number of imide groups is 2. The predicted molar refractivity (Wildman–Crippen MR) is 68.0 cm³/mol. The third kappa shape index (κ3) is 2.14. The van der Waals surface area contributed by atoms with Crippen molar-refractivity contribution in [3.05, 3.63) is 35.4 Å². The summed E-state index contributed by atoms with van der Waals surface area (Å²) in [6.45, 7) is 1.64. The zero-order valence-corrected chi connectivity index (χ0v) is 10.4. The van der Waals surface area contributed by atoms with Gasteiger partial charge in [-0.25, -0.2) is 4.79 Å². The third-order valence-corrected chi connectivity index (χ3v) is 2.98. The predicted octanol–water partition coefficient (Wildman–Crippen LogP) is 1.11. The van der Waals surface area contributed by atoms with Gasteiger partial charge in [-0.05, 0) is 24.1 Å². The Balaban J connectivity index is 2.54. The van der Waals surface area contributed by atoms with Crippen LogP contribution in [0, 0.1) is 0 Å². The maximum atomic E-state index is 11.7. The van der Waals surface area contributed by atoms with Crippen molar-refractivity contribution < 1.29 is 14.4 Å². The van der Waals surface area contributed by atoms with Crippen LogP contribution in [0.4, 0.5) is 4.79 Å². The normalized spacial score (nSPS) is 15.2. The van der Waals surface area contributed by atoms with E-state index in [0.29, 0.717) is 16.0 Å². The van der Waals surface area contributed by atoms with Gasteiger partial charge in [-0.3, -0.25) is 20.2 Å². The van der Waals surface area contributed by atoms with Gasteiger partial charge in [-0.1, -0.05) is 18.2 Å². The number of allylic oxidation sites excluding steroid dienone is 1. The second kappa shape index (κ2) is 4.66. The molecule has 2 N–H and O–H groups in total. The Morgan fingerprint density at radius 3 is 2.17 bits per heavy atom. The van der Waals surface area contributed by atoms with E-state index in [1.54, 1.807) is 31.2 Å². The van der Waals surface area contributed by atoms with Crippen LogP contribution in [-0.2, 0) is 9.59 Å². The Hall–Kier alpha value is -2.08. The number of nitrogens with one attached hydrogen (secondary N) is 2. The van der Waals surface area contributed by atoms with E-state index >= 15 is 0 Å². The lowest BCUT2D eigenvalue weighted by Gasteiger charge is -2.17. The van der Waals surface area contributed by atoms with E-state index in [2.05, 4.69) is 12.6 Å². The van der Waals surface area contributed by atoms with Crippen LogP contribution in [0.15, 0.2) is 34.7 Å². The molecule has 1 heterocycles. The van der Waals surface area contributed by atoms with Crippen LogP contribution in [-0.4, -0.2) is 17.8 Å². The standard InChI is InChI=1S/C12H10N2O3S/c1-6(7-4-2-3-5-8(7)18)9-10(15)13-12(17)14-11(9)16/h2-5,18H,1H3,(H2,13,14,15,16,17). The highest BCUT2D eigenvalue weighted by atomic mass is 32.1. The van der Waals surface area contributed by atoms with Gasteiger partial charge in [0.2, 0.25) is 0 Å². The number of rotatable bonds is 1. The summed E-state index contributed by atoms with van der Waals surface area (Å²) in [4.78, 5) is 34.9. The molecule has 0 radical (unpaired) electrons. The number of urea groups is 1. The van der Waals surface area contributed by atoms with E-state index in [1.165, 1.54) is 0 Å².